The van der Waals surface area contributed by atoms with Crippen molar-refractivity contribution in [2.75, 3.05) is 4.90 Å². The van der Waals surface area contributed by atoms with Gasteiger partial charge in [-0.15, -0.1) is 0 Å². The van der Waals surface area contributed by atoms with Crippen molar-refractivity contribution < 1.29 is 4.79 Å². The molecule has 0 spiro atoms. The summed E-state index contributed by atoms with van der Waals surface area (Å²) < 4.78 is 0. The van der Waals surface area contributed by atoms with Gasteiger partial charge in [0.1, 0.15) is 5.84 Å². The molecule has 0 unspecified atom stereocenters. The fraction of sp³-hybridized carbons (Fsp3) is 0.0526. The molecular formula is C19H15N3OS. The number of amides is 1. The molecule has 2 N–H and O–H groups in total. The Bertz CT molecular complexity index is 872. The van der Waals surface area contributed by atoms with Crippen LogP contribution in [0.25, 0.3) is 5.70 Å². The molecule has 1 amide bonds. The minimum absolute atomic E-state index is 0.0655. The lowest BCUT2D eigenvalue weighted by atomic mass is 10.2. The van der Waals surface area contributed by atoms with Crippen LogP contribution in [0.2, 0.25) is 0 Å². The van der Waals surface area contributed by atoms with Gasteiger partial charge in [0.05, 0.1) is 22.8 Å². The van der Waals surface area contributed by atoms with Gasteiger partial charge in [-0.1, -0.05) is 60.3 Å². The van der Waals surface area contributed by atoms with Crippen LogP contribution >= 0.6 is 11.8 Å². The number of amidine groups is 1. The molecule has 5 heteroatoms. The summed E-state index contributed by atoms with van der Waals surface area (Å²) in [4.78, 5) is 13.9. The minimum atomic E-state index is -0.0655. The Morgan fingerprint density at radius 3 is 2.38 bits per heavy atom. The van der Waals surface area contributed by atoms with Gasteiger partial charge in [0.2, 0.25) is 5.91 Å². The van der Waals surface area contributed by atoms with Crippen molar-refractivity contribution in [1.82, 2.24) is 5.32 Å². The van der Waals surface area contributed by atoms with Crippen LogP contribution in [0.3, 0.4) is 0 Å². The summed E-state index contributed by atoms with van der Waals surface area (Å²) in [6.07, 6.45) is 0.249. The topological polar surface area (TPSA) is 56.2 Å². The van der Waals surface area contributed by atoms with Gasteiger partial charge in [0, 0.05) is 11.0 Å². The number of hydrogen-bond acceptors (Lipinski definition) is 4. The van der Waals surface area contributed by atoms with Gasteiger partial charge >= 0.3 is 0 Å². The van der Waals surface area contributed by atoms with Gasteiger partial charge in [-0.3, -0.25) is 15.1 Å². The van der Waals surface area contributed by atoms with Gasteiger partial charge in [-0.05, 0) is 17.7 Å². The summed E-state index contributed by atoms with van der Waals surface area (Å²) in [6.45, 7) is 0. The molecule has 2 aromatic carbocycles. The number of hydrogen-bond donors (Lipinski definition) is 2. The summed E-state index contributed by atoms with van der Waals surface area (Å²) in [7, 11) is 0. The second kappa shape index (κ2) is 6.02. The van der Waals surface area contributed by atoms with E-state index in [1.807, 2.05) is 66.1 Å². The first-order valence-electron chi connectivity index (χ1n) is 7.63. The van der Waals surface area contributed by atoms with E-state index in [4.69, 9.17) is 5.41 Å². The minimum Gasteiger partial charge on any atom is -0.349 e. The molecule has 0 radical (unpaired) electrons. The fourth-order valence-corrected chi connectivity index (χ4v) is 3.73. The summed E-state index contributed by atoms with van der Waals surface area (Å²) in [5.74, 6) is 0.188. The molecule has 0 atom stereocenters. The largest absolute Gasteiger partial charge is 0.349 e. The van der Waals surface area contributed by atoms with E-state index in [0.717, 1.165) is 27.6 Å². The van der Waals surface area contributed by atoms with E-state index in [2.05, 4.69) is 5.32 Å². The number of nitrogens with zero attached hydrogens (tertiary/aromatic N) is 1. The maximum atomic E-state index is 12.4. The zero-order valence-corrected chi connectivity index (χ0v) is 13.6. The van der Waals surface area contributed by atoms with Gasteiger partial charge in [0.15, 0.2) is 0 Å². The Labute approximate surface area is 144 Å². The second-order valence-electron chi connectivity index (χ2n) is 5.54. The molecule has 24 heavy (non-hydrogen) atoms. The van der Waals surface area contributed by atoms with Crippen molar-refractivity contribution in [3.63, 3.8) is 0 Å². The normalized spacial score (nSPS) is 20.3. The summed E-state index contributed by atoms with van der Waals surface area (Å²) in [5, 5.41) is 14.7. The van der Waals surface area contributed by atoms with Crippen LogP contribution in [0.4, 0.5) is 5.69 Å². The molecule has 4 nitrogen and oxygen atoms in total. The molecule has 0 bridgehead atoms. The van der Waals surface area contributed by atoms with E-state index in [-0.39, 0.29) is 18.2 Å². The molecule has 2 aliphatic heterocycles. The number of nitrogens with one attached hydrogen (secondary N) is 2. The van der Waals surface area contributed by atoms with Crippen LogP contribution in [-0.4, -0.2) is 11.7 Å². The first kappa shape index (κ1) is 14.8. The average molecular weight is 333 g/mol. The Morgan fingerprint density at radius 1 is 1.00 bits per heavy atom. The number of benzene rings is 2. The zero-order chi connectivity index (χ0) is 16.5. The summed E-state index contributed by atoms with van der Waals surface area (Å²) in [6, 6.07) is 19.4. The molecule has 4 rings (SSSR count). The first-order valence-corrected chi connectivity index (χ1v) is 8.51. The molecule has 2 aliphatic rings. The van der Waals surface area contributed by atoms with E-state index in [1.165, 1.54) is 16.7 Å². The van der Waals surface area contributed by atoms with E-state index in [9.17, 15) is 4.79 Å². The molecule has 0 saturated carbocycles. The van der Waals surface area contributed by atoms with Crippen LogP contribution in [0.1, 0.15) is 12.0 Å². The van der Waals surface area contributed by atoms with E-state index < -0.39 is 0 Å². The highest BCUT2D eigenvalue weighted by Crippen LogP contribution is 2.36. The SMILES string of the molecule is N=C1/C(=C2\NC(c3ccccc3)=CS2)CC(=O)N1c1ccccc1. The van der Waals surface area contributed by atoms with Crippen molar-refractivity contribution in [3.05, 3.63) is 82.2 Å². The lowest BCUT2D eigenvalue weighted by molar-refractivity contribution is -0.116. The highest BCUT2D eigenvalue weighted by Gasteiger charge is 2.35. The van der Waals surface area contributed by atoms with Crippen LogP contribution in [0.5, 0.6) is 0 Å². The first-order chi connectivity index (χ1) is 11.7. The quantitative estimate of drug-likeness (QED) is 0.875. The summed E-state index contributed by atoms with van der Waals surface area (Å²) in [5.41, 5.74) is 3.58. The molecule has 0 aliphatic carbocycles. The number of thioether (sulfide) groups is 1. The molecule has 2 aromatic rings. The van der Waals surface area contributed by atoms with Crippen molar-refractivity contribution >= 4 is 34.9 Å². The third-order valence-corrected chi connectivity index (χ3v) is 4.94. The van der Waals surface area contributed by atoms with Crippen molar-refractivity contribution in [2.24, 2.45) is 0 Å². The Morgan fingerprint density at radius 2 is 1.67 bits per heavy atom. The van der Waals surface area contributed by atoms with E-state index >= 15 is 0 Å². The Hall–Kier alpha value is -2.79. The molecule has 118 valence electrons. The molecule has 2 heterocycles. The third-order valence-electron chi connectivity index (χ3n) is 4.00. The number of rotatable bonds is 2. The Balaban J connectivity index is 1.61. The van der Waals surface area contributed by atoms with Gasteiger partial charge in [-0.2, -0.15) is 0 Å². The van der Waals surface area contributed by atoms with E-state index in [0.29, 0.717) is 0 Å². The second-order valence-corrected chi connectivity index (χ2v) is 6.42. The highest BCUT2D eigenvalue weighted by atomic mass is 32.2. The lowest BCUT2D eigenvalue weighted by Crippen LogP contribution is -2.28. The fourth-order valence-electron chi connectivity index (χ4n) is 2.82. The van der Waals surface area contributed by atoms with Gasteiger partial charge in [0.25, 0.3) is 0 Å². The maximum absolute atomic E-state index is 12.4. The van der Waals surface area contributed by atoms with Crippen molar-refractivity contribution in [2.45, 2.75) is 6.42 Å². The van der Waals surface area contributed by atoms with Gasteiger partial charge < -0.3 is 5.32 Å². The van der Waals surface area contributed by atoms with E-state index in [1.54, 1.807) is 0 Å². The number of anilines is 1. The molecular weight excluding hydrogens is 318 g/mol. The van der Waals surface area contributed by atoms with Crippen LogP contribution in [0.15, 0.2) is 76.7 Å². The molecule has 1 saturated heterocycles. The summed E-state index contributed by atoms with van der Waals surface area (Å²) >= 11 is 1.53. The predicted molar refractivity (Wildman–Crippen MR) is 98.4 cm³/mol. The number of para-hydroxylation sites is 1. The van der Waals surface area contributed by atoms with Crippen LogP contribution < -0.4 is 10.2 Å². The van der Waals surface area contributed by atoms with Crippen molar-refractivity contribution in [3.8, 4) is 0 Å². The zero-order valence-electron chi connectivity index (χ0n) is 12.8. The molecule has 0 aromatic heterocycles. The number of carbonyl (C=O) groups is 1. The monoisotopic (exact) mass is 333 g/mol. The maximum Gasteiger partial charge on any atom is 0.237 e. The highest BCUT2D eigenvalue weighted by molar-refractivity contribution is 8.06. The predicted octanol–water partition coefficient (Wildman–Crippen LogP) is 3.95. The number of carbonyl (C=O) groups excluding carboxylic acids is 1. The third kappa shape index (κ3) is 2.53. The lowest BCUT2D eigenvalue weighted by Gasteiger charge is -2.16. The Kier molecular flexibility index (Phi) is 3.70. The smallest absolute Gasteiger partial charge is 0.237 e. The standard InChI is InChI=1S/C19H15N3OS/c20-18-15(11-17(23)22(18)14-9-5-2-6-10-14)19-21-16(12-24-19)13-7-3-1-4-8-13/h1-10,12,20-21H,11H2/b19-15+,20-18?. The molecule has 1 fully saturated rings. The average Bonchev–Trinajstić information content (AvgIpc) is 3.21. The van der Waals surface area contributed by atoms with Crippen LogP contribution in [0, 0.1) is 5.41 Å². The van der Waals surface area contributed by atoms with Crippen LogP contribution in [-0.2, 0) is 4.79 Å². The van der Waals surface area contributed by atoms with Gasteiger partial charge in [-0.25, -0.2) is 0 Å². The van der Waals surface area contributed by atoms with Crippen molar-refractivity contribution in [1.29, 1.82) is 5.41 Å².